The van der Waals surface area contributed by atoms with Crippen LogP contribution in [0.1, 0.15) is 31.7 Å². The molecule has 0 aromatic heterocycles. The number of para-hydroxylation sites is 1. The van der Waals surface area contributed by atoms with Gasteiger partial charge in [0.1, 0.15) is 5.75 Å². The first kappa shape index (κ1) is 22.4. The first-order chi connectivity index (χ1) is 10.6. The predicted molar refractivity (Wildman–Crippen MR) is 92.8 cm³/mol. The SMILES string of the molecule is CCC(C)c1ccccc1OP(=O)(O)S.NC(CO)(CO)CO. The Morgan fingerprint density at radius 1 is 1.26 bits per heavy atom. The molecule has 1 aromatic rings. The molecule has 0 spiro atoms. The number of nitrogens with two attached hydrogens (primary N) is 1. The third-order valence-electron chi connectivity index (χ3n) is 3.22. The molecule has 23 heavy (non-hydrogen) atoms. The number of hydrogen-bond donors (Lipinski definition) is 6. The molecule has 2 atom stereocenters. The van der Waals surface area contributed by atoms with Gasteiger partial charge in [-0.1, -0.05) is 32.0 Å². The summed E-state index contributed by atoms with van der Waals surface area (Å²) in [5.41, 5.74) is 4.87. The lowest BCUT2D eigenvalue weighted by molar-refractivity contribution is 0.0697. The normalized spacial score (nSPS) is 15.1. The summed E-state index contributed by atoms with van der Waals surface area (Å²) in [5, 5.41) is 25.0. The largest absolute Gasteiger partial charge is 0.434 e. The third kappa shape index (κ3) is 8.72. The van der Waals surface area contributed by atoms with Crippen LogP contribution in [0, 0.1) is 0 Å². The number of benzene rings is 1. The lowest BCUT2D eigenvalue weighted by atomic mass is 9.98. The van der Waals surface area contributed by atoms with E-state index in [0.717, 1.165) is 12.0 Å². The van der Waals surface area contributed by atoms with Crippen LogP contribution in [-0.2, 0) is 4.57 Å². The van der Waals surface area contributed by atoms with Crippen molar-refractivity contribution in [3.8, 4) is 5.75 Å². The molecule has 0 aliphatic heterocycles. The van der Waals surface area contributed by atoms with Crippen LogP contribution in [0.4, 0.5) is 0 Å². The monoisotopic (exact) mass is 367 g/mol. The Hall–Kier alpha value is -0.600. The molecule has 0 fully saturated rings. The molecular weight excluding hydrogens is 341 g/mol. The summed E-state index contributed by atoms with van der Waals surface area (Å²) in [7, 11) is 0. The highest BCUT2D eigenvalue weighted by atomic mass is 32.7. The summed E-state index contributed by atoms with van der Waals surface area (Å²) in [6, 6.07) is 7.23. The second kappa shape index (κ2) is 10.3. The molecule has 0 saturated heterocycles. The van der Waals surface area contributed by atoms with Gasteiger partial charge in [0.15, 0.2) is 0 Å². The summed E-state index contributed by atoms with van der Waals surface area (Å²) in [6.07, 6.45) is 0.947. The molecule has 0 amide bonds. The van der Waals surface area contributed by atoms with Crippen LogP contribution in [0.5, 0.6) is 5.75 Å². The summed E-state index contributed by atoms with van der Waals surface area (Å²) >= 11 is 3.50. The predicted octanol–water partition coefficient (Wildman–Crippen LogP) is 1.27. The van der Waals surface area contributed by atoms with Crippen molar-refractivity contribution in [1.82, 2.24) is 0 Å². The van der Waals surface area contributed by atoms with Gasteiger partial charge in [-0.05, 0) is 36.2 Å². The molecule has 134 valence electrons. The number of aliphatic hydroxyl groups is 3. The van der Waals surface area contributed by atoms with Crippen molar-refractivity contribution in [2.75, 3.05) is 19.8 Å². The van der Waals surface area contributed by atoms with Crippen LogP contribution < -0.4 is 10.3 Å². The molecule has 0 saturated carbocycles. The second-order valence-electron chi connectivity index (χ2n) is 5.27. The van der Waals surface area contributed by atoms with Crippen LogP contribution >= 0.6 is 19.0 Å². The zero-order chi connectivity index (χ0) is 18.1. The van der Waals surface area contributed by atoms with Crippen LogP contribution in [0.25, 0.3) is 0 Å². The molecule has 0 bridgehead atoms. The van der Waals surface area contributed by atoms with Gasteiger partial charge in [-0.25, -0.2) is 4.57 Å². The van der Waals surface area contributed by atoms with Crippen molar-refractivity contribution >= 4 is 19.0 Å². The molecular formula is C14H26NO6PS. The molecule has 9 heteroatoms. The quantitative estimate of drug-likeness (QED) is 0.316. The molecule has 0 heterocycles. The van der Waals surface area contributed by atoms with Gasteiger partial charge in [0, 0.05) is 0 Å². The van der Waals surface area contributed by atoms with E-state index in [2.05, 4.69) is 19.2 Å². The molecule has 0 radical (unpaired) electrons. The van der Waals surface area contributed by atoms with E-state index in [1.165, 1.54) is 0 Å². The molecule has 7 nitrogen and oxygen atoms in total. The zero-order valence-electron chi connectivity index (χ0n) is 13.3. The zero-order valence-corrected chi connectivity index (χ0v) is 15.1. The highest BCUT2D eigenvalue weighted by Crippen LogP contribution is 2.48. The van der Waals surface area contributed by atoms with Crippen molar-refractivity contribution in [3.63, 3.8) is 0 Å². The van der Waals surface area contributed by atoms with E-state index in [1.807, 2.05) is 19.1 Å². The van der Waals surface area contributed by atoms with E-state index in [-0.39, 0.29) is 0 Å². The number of rotatable bonds is 7. The van der Waals surface area contributed by atoms with E-state index in [0.29, 0.717) is 11.7 Å². The number of thiol groups is 1. The smallest absolute Gasteiger partial charge is 0.417 e. The fourth-order valence-electron chi connectivity index (χ4n) is 1.47. The molecule has 0 aliphatic carbocycles. The minimum absolute atomic E-state index is 0.293. The average molecular weight is 367 g/mol. The Bertz CT molecular complexity index is 498. The lowest BCUT2D eigenvalue weighted by Crippen LogP contribution is -2.50. The van der Waals surface area contributed by atoms with Crippen LogP contribution in [0.3, 0.4) is 0 Å². The van der Waals surface area contributed by atoms with Gasteiger partial charge in [-0.15, -0.1) is 0 Å². The minimum Gasteiger partial charge on any atom is -0.417 e. The first-order valence-corrected chi connectivity index (χ1v) is 9.81. The summed E-state index contributed by atoms with van der Waals surface area (Å²) < 4.78 is 16.0. The van der Waals surface area contributed by atoms with Crippen molar-refractivity contribution in [2.24, 2.45) is 5.73 Å². The van der Waals surface area contributed by atoms with Crippen LogP contribution in [0.2, 0.25) is 0 Å². The summed E-state index contributed by atoms with van der Waals surface area (Å²) in [6.45, 7) is -0.878. The van der Waals surface area contributed by atoms with Gasteiger partial charge >= 0.3 is 6.80 Å². The van der Waals surface area contributed by atoms with Crippen molar-refractivity contribution < 1.29 is 29.3 Å². The Kier molecular flexibility index (Phi) is 10.0. The molecule has 1 rings (SSSR count). The van der Waals surface area contributed by atoms with E-state index in [9.17, 15) is 4.57 Å². The Balaban J connectivity index is 0.000000515. The standard InChI is InChI=1S/C10H15O3PS.C4H11NO3/c1-3-8(2)9-6-4-5-7-10(9)13-14(11,12)15;5-4(1-6,2-7)3-8/h4-8H,3H2,1-2H3,(H2,11,12,15);6-8H,1-3,5H2. The maximum atomic E-state index is 11.0. The maximum absolute atomic E-state index is 11.0. The van der Waals surface area contributed by atoms with E-state index >= 15 is 0 Å². The minimum atomic E-state index is -3.77. The van der Waals surface area contributed by atoms with Crippen LogP contribution in [0.15, 0.2) is 24.3 Å². The Labute approximate surface area is 141 Å². The second-order valence-corrected chi connectivity index (χ2v) is 7.95. The number of aliphatic hydroxyl groups excluding tert-OH is 3. The molecule has 6 N–H and O–H groups in total. The van der Waals surface area contributed by atoms with Gasteiger partial charge in [-0.2, -0.15) is 0 Å². The van der Waals surface area contributed by atoms with E-state index < -0.39 is 32.2 Å². The van der Waals surface area contributed by atoms with E-state index in [1.54, 1.807) is 12.1 Å². The average Bonchev–Trinajstić information content (AvgIpc) is 2.53. The van der Waals surface area contributed by atoms with Crippen LogP contribution in [-0.4, -0.2) is 45.6 Å². The van der Waals surface area contributed by atoms with Gasteiger partial charge in [0.2, 0.25) is 0 Å². The first-order valence-electron chi connectivity index (χ1n) is 7.08. The Morgan fingerprint density at radius 3 is 2.09 bits per heavy atom. The van der Waals surface area contributed by atoms with Gasteiger partial charge in [0.25, 0.3) is 0 Å². The molecule has 0 aliphatic rings. The van der Waals surface area contributed by atoms with Gasteiger partial charge in [0.05, 0.1) is 25.4 Å². The lowest BCUT2D eigenvalue weighted by Gasteiger charge is -2.20. The number of hydrogen-bond acceptors (Lipinski definition) is 6. The van der Waals surface area contributed by atoms with Gasteiger partial charge in [-0.3, -0.25) is 0 Å². The fraction of sp³-hybridized carbons (Fsp3) is 0.571. The van der Waals surface area contributed by atoms with Gasteiger partial charge < -0.3 is 30.5 Å². The maximum Gasteiger partial charge on any atom is 0.434 e. The fourth-order valence-corrected chi connectivity index (χ4v) is 2.16. The highest BCUT2D eigenvalue weighted by molar-refractivity contribution is 8.44. The highest BCUT2D eigenvalue weighted by Gasteiger charge is 2.20. The summed E-state index contributed by atoms with van der Waals surface area (Å²) in [5.74, 6) is 0.730. The topological polar surface area (TPSA) is 133 Å². The van der Waals surface area contributed by atoms with E-state index in [4.69, 9.17) is 30.5 Å². The van der Waals surface area contributed by atoms with Crippen molar-refractivity contribution in [1.29, 1.82) is 0 Å². The molecule has 2 unspecified atom stereocenters. The molecule has 1 aromatic carbocycles. The summed E-state index contributed by atoms with van der Waals surface area (Å²) in [4.78, 5) is 9.05. The van der Waals surface area contributed by atoms with Crippen molar-refractivity contribution in [3.05, 3.63) is 29.8 Å². The third-order valence-corrected chi connectivity index (χ3v) is 3.90. The Morgan fingerprint density at radius 2 is 1.74 bits per heavy atom. The van der Waals surface area contributed by atoms with Crippen molar-refractivity contribution in [2.45, 2.75) is 31.7 Å².